The van der Waals surface area contributed by atoms with E-state index in [-0.39, 0.29) is 5.57 Å². The van der Waals surface area contributed by atoms with Crippen LogP contribution in [0.4, 0.5) is 5.69 Å². The largest absolute Gasteiger partial charge is 0.488 e. The fraction of sp³-hybridized carbons (Fsp3) is 0.0714. The average molecular weight is 497 g/mol. The molecule has 33 heavy (non-hydrogen) atoms. The molecule has 162 valence electrons. The molecule has 0 atom stereocenters. The van der Waals surface area contributed by atoms with Gasteiger partial charge >= 0.3 is 0 Å². The van der Waals surface area contributed by atoms with Gasteiger partial charge in [0.2, 0.25) is 0 Å². The summed E-state index contributed by atoms with van der Waals surface area (Å²) < 4.78 is 6.73. The standard InChI is InChI=1S/C28H21BrN2O2/c1-19-5-4-8-25(13-19)31-28(32)24(17-30)14-20-10-12-27(26(29)16-20)33-18-21-9-11-22-6-2-3-7-23(22)15-21/h2-16H,18H2,1H3,(H,31,32)/b24-14-. The van der Waals surface area contributed by atoms with Gasteiger partial charge in [-0.1, -0.05) is 54.6 Å². The molecular weight excluding hydrogens is 476 g/mol. The maximum absolute atomic E-state index is 12.5. The van der Waals surface area contributed by atoms with Crippen LogP contribution in [0.25, 0.3) is 16.8 Å². The van der Waals surface area contributed by atoms with Crippen molar-refractivity contribution in [2.75, 3.05) is 5.32 Å². The summed E-state index contributed by atoms with van der Waals surface area (Å²) in [5.74, 6) is 0.235. The van der Waals surface area contributed by atoms with E-state index in [4.69, 9.17) is 4.74 Å². The van der Waals surface area contributed by atoms with Crippen LogP contribution in [0, 0.1) is 18.3 Å². The Bertz CT molecular complexity index is 1400. The Morgan fingerprint density at radius 2 is 1.82 bits per heavy atom. The number of amides is 1. The van der Waals surface area contributed by atoms with E-state index in [1.54, 1.807) is 12.1 Å². The lowest BCUT2D eigenvalue weighted by Gasteiger charge is -2.10. The van der Waals surface area contributed by atoms with E-state index in [1.807, 2.05) is 61.5 Å². The van der Waals surface area contributed by atoms with Crippen molar-refractivity contribution in [2.45, 2.75) is 13.5 Å². The molecule has 0 bridgehead atoms. The molecule has 0 heterocycles. The van der Waals surface area contributed by atoms with Crippen molar-refractivity contribution in [3.63, 3.8) is 0 Å². The van der Waals surface area contributed by atoms with E-state index in [0.29, 0.717) is 18.0 Å². The number of hydrogen-bond acceptors (Lipinski definition) is 3. The predicted molar refractivity (Wildman–Crippen MR) is 136 cm³/mol. The summed E-state index contributed by atoms with van der Waals surface area (Å²) in [5.41, 5.74) is 3.49. The molecule has 1 amide bonds. The van der Waals surface area contributed by atoms with Gasteiger partial charge in [-0.25, -0.2) is 0 Å². The first kappa shape index (κ1) is 22.3. The van der Waals surface area contributed by atoms with Crippen LogP contribution >= 0.6 is 15.9 Å². The second-order valence-electron chi connectivity index (χ2n) is 7.65. The Hall–Kier alpha value is -3.88. The third kappa shape index (κ3) is 5.68. The molecule has 4 rings (SSSR count). The number of anilines is 1. The van der Waals surface area contributed by atoms with E-state index in [2.05, 4.69) is 51.6 Å². The van der Waals surface area contributed by atoms with Gasteiger partial charge < -0.3 is 10.1 Å². The second kappa shape index (κ2) is 10.2. The molecule has 0 aliphatic heterocycles. The molecule has 0 aliphatic rings. The molecule has 4 aromatic rings. The fourth-order valence-electron chi connectivity index (χ4n) is 3.45. The molecule has 1 N–H and O–H groups in total. The number of nitrogens with one attached hydrogen (secondary N) is 1. The summed E-state index contributed by atoms with van der Waals surface area (Å²) in [6.07, 6.45) is 1.56. The van der Waals surface area contributed by atoms with Gasteiger partial charge in [0.05, 0.1) is 4.47 Å². The summed E-state index contributed by atoms with van der Waals surface area (Å²) >= 11 is 3.53. The number of benzene rings is 4. The first-order valence-electron chi connectivity index (χ1n) is 10.4. The molecule has 0 aliphatic carbocycles. The number of hydrogen-bond donors (Lipinski definition) is 1. The molecule has 0 unspecified atom stereocenters. The normalized spacial score (nSPS) is 11.1. The van der Waals surface area contributed by atoms with Gasteiger partial charge in [0, 0.05) is 5.69 Å². The molecule has 4 aromatic carbocycles. The molecule has 0 saturated carbocycles. The Labute approximate surface area is 201 Å². The highest BCUT2D eigenvalue weighted by molar-refractivity contribution is 9.10. The quantitative estimate of drug-likeness (QED) is 0.230. The molecule has 0 radical (unpaired) electrons. The molecular formula is C28H21BrN2O2. The number of fused-ring (bicyclic) bond motifs is 1. The Kier molecular flexibility index (Phi) is 6.87. The average Bonchev–Trinajstić information content (AvgIpc) is 2.81. The van der Waals surface area contributed by atoms with Crippen LogP contribution in [-0.4, -0.2) is 5.91 Å². The van der Waals surface area contributed by atoms with Crippen LogP contribution in [0.3, 0.4) is 0 Å². The summed E-state index contributed by atoms with van der Waals surface area (Å²) in [7, 11) is 0. The third-order valence-corrected chi connectivity index (χ3v) is 5.74. The van der Waals surface area contributed by atoms with Gasteiger partial charge in [0.1, 0.15) is 24.0 Å². The minimum atomic E-state index is -0.448. The second-order valence-corrected chi connectivity index (χ2v) is 8.51. The topological polar surface area (TPSA) is 62.1 Å². The number of nitrogens with zero attached hydrogens (tertiary/aromatic N) is 1. The van der Waals surface area contributed by atoms with Crippen LogP contribution in [-0.2, 0) is 11.4 Å². The van der Waals surface area contributed by atoms with Gasteiger partial charge in [0.25, 0.3) is 5.91 Å². The van der Waals surface area contributed by atoms with Gasteiger partial charge in [-0.3, -0.25) is 4.79 Å². The number of nitriles is 1. The minimum absolute atomic E-state index is 0.0215. The van der Waals surface area contributed by atoms with Gasteiger partial charge in [0.15, 0.2) is 0 Å². The van der Waals surface area contributed by atoms with Crippen molar-refractivity contribution in [1.29, 1.82) is 5.26 Å². The van der Waals surface area contributed by atoms with Crippen molar-refractivity contribution >= 4 is 44.4 Å². The lowest BCUT2D eigenvalue weighted by molar-refractivity contribution is -0.112. The van der Waals surface area contributed by atoms with E-state index in [0.717, 1.165) is 21.2 Å². The Morgan fingerprint density at radius 3 is 2.58 bits per heavy atom. The number of carbonyl (C=O) groups is 1. The molecule has 0 saturated heterocycles. The van der Waals surface area contributed by atoms with Crippen molar-refractivity contribution in [3.05, 3.63) is 112 Å². The monoisotopic (exact) mass is 496 g/mol. The highest BCUT2D eigenvalue weighted by atomic mass is 79.9. The Morgan fingerprint density at radius 1 is 1.00 bits per heavy atom. The number of carbonyl (C=O) groups excluding carboxylic acids is 1. The highest BCUT2D eigenvalue weighted by Gasteiger charge is 2.11. The summed E-state index contributed by atoms with van der Waals surface area (Å²) in [6.45, 7) is 2.37. The first-order chi connectivity index (χ1) is 16.0. The summed E-state index contributed by atoms with van der Waals surface area (Å²) in [5, 5.41) is 14.6. The minimum Gasteiger partial charge on any atom is -0.488 e. The van der Waals surface area contributed by atoms with Crippen LogP contribution in [0.1, 0.15) is 16.7 Å². The van der Waals surface area contributed by atoms with E-state index >= 15 is 0 Å². The number of aryl methyl sites for hydroxylation is 1. The zero-order valence-corrected chi connectivity index (χ0v) is 19.6. The third-order valence-electron chi connectivity index (χ3n) is 5.12. The molecule has 0 fully saturated rings. The Balaban J connectivity index is 1.45. The van der Waals surface area contributed by atoms with Crippen molar-refractivity contribution in [3.8, 4) is 11.8 Å². The van der Waals surface area contributed by atoms with Gasteiger partial charge in [-0.2, -0.15) is 5.26 Å². The van der Waals surface area contributed by atoms with E-state index < -0.39 is 5.91 Å². The van der Waals surface area contributed by atoms with Crippen LogP contribution in [0.2, 0.25) is 0 Å². The highest BCUT2D eigenvalue weighted by Crippen LogP contribution is 2.28. The molecule has 4 nitrogen and oxygen atoms in total. The van der Waals surface area contributed by atoms with Crippen molar-refractivity contribution in [2.24, 2.45) is 0 Å². The lowest BCUT2D eigenvalue weighted by Crippen LogP contribution is -2.13. The van der Waals surface area contributed by atoms with Crippen LogP contribution < -0.4 is 10.1 Å². The summed E-state index contributed by atoms with van der Waals surface area (Å²) in [6, 6.07) is 29.4. The van der Waals surface area contributed by atoms with E-state index in [9.17, 15) is 10.1 Å². The molecule has 5 heteroatoms. The molecule has 0 spiro atoms. The van der Waals surface area contributed by atoms with Crippen LogP contribution in [0.5, 0.6) is 5.75 Å². The fourth-order valence-corrected chi connectivity index (χ4v) is 3.96. The maximum atomic E-state index is 12.5. The maximum Gasteiger partial charge on any atom is 0.266 e. The SMILES string of the molecule is Cc1cccc(NC(=O)/C(C#N)=C\c2ccc(OCc3ccc4ccccc4c3)c(Br)c2)c1. The number of halogens is 1. The number of rotatable bonds is 6. The zero-order chi connectivity index (χ0) is 23.2. The van der Waals surface area contributed by atoms with Gasteiger partial charge in [-0.15, -0.1) is 0 Å². The zero-order valence-electron chi connectivity index (χ0n) is 18.0. The van der Waals surface area contributed by atoms with Crippen molar-refractivity contribution < 1.29 is 9.53 Å². The predicted octanol–water partition coefficient (Wildman–Crippen LogP) is 7.04. The van der Waals surface area contributed by atoms with Crippen molar-refractivity contribution in [1.82, 2.24) is 0 Å². The molecule has 0 aromatic heterocycles. The number of ether oxygens (including phenoxy) is 1. The van der Waals surface area contributed by atoms with E-state index in [1.165, 1.54) is 10.8 Å². The lowest BCUT2D eigenvalue weighted by atomic mass is 10.1. The summed E-state index contributed by atoms with van der Waals surface area (Å²) in [4.78, 5) is 12.5. The van der Waals surface area contributed by atoms with Gasteiger partial charge in [-0.05, 0) is 86.7 Å². The smallest absolute Gasteiger partial charge is 0.266 e. The first-order valence-corrected chi connectivity index (χ1v) is 11.2. The van der Waals surface area contributed by atoms with Crippen LogP contribution in [0.15, 0.2) is 95.0 Å².